The molecule has 1 aliphatic rings. The highest BCUT2D eigenvalue weighted by Crippen LogP contribution is 2.33. The normalized spacial score (nSPS) is 16.0. The van der Waals surface area contributed by atoms with Crippen LogP contribution in [-0.2, 0) is 16.6 Å². The number of aliphatic hydroxyl groups excluding tert-OH is 1. The van der Waals surface area contributed by atoms with E-state index in [-0.39, 0.29) is 11.4 Å². The second-order valence-electron chi connectivity index (χ2n) is 5.41. The van der Waals surface area contributed by atoms with E-state index in [1.807, 2.05) is 29.8 Å². The number of phenols is 1. The highest BCUT2D eigenvalue weighted by atomic mass is 32.2. The van der Waals surface area contributed by atoms with Gasteiger partial charge in [0.05, 0.1) is 6.20 Å². The van der Waals surface area contributed by atoms with Gasteiger partial charge in [-0.05, 0) is 36.6 Å². The summed E-state index contributed by atoms with van der Waals surface area (Å²) in [6, 6.07) is 12.8. The van der Waals surface area contributed by atoms with Gasteiger partial charge in [-0.25, -0.2) is 9.03 Å². The summed E-state index contributed by atoms with van der Waals surface area (Å²) < 4.78 is 26.4. The largest absolute Gasteiger partial charge is 0.506 e. The molecular formula is C16H16N2O4S. The van der Waals surface area contributed by atoms with E-state index >= 15 is 0 Å². The van der Waals surface area contributed by atoms with Crippen molar-refractivity contribution in [2.45, 2.75) is 13.3 Å². The maximum atomic E-state index is 11.8. The first kappa shape index (κ1) is 15.2. The topological polar surface area (TPSA) is 89.9 Å². The Bertz CT molecular complexity index is 891. The van der Waals surface area contributed by atoms with Crippen molar-refractivity contribution in [3.8, 4) is 5.75 Å². The maximum absolute atomic E-state index is 11.8. The fourth-order valence-corrected chi connectivity index (χ4v) is 3.58. The van der Waals surface area contributed by atoms with Gasteiger partial charge < -0.3 is 10.2 Å². The van der Waals surface area contributed by atoms with Gasteiger partial charge in [-0.3, -0.25) is 0 Å². The van der Waals surface area contributed by atoms with E-state index in [0.717, 1.165) is 27.2 Å². The number of benzene rings is 2. The molecule has 2 aromatic rings. The van der Waals surface area contributed by atoms with Gasteiger partial charge in [0.1, 0.15) is 11.4 Å². The molecule has 0 fully saturated rings. The first-order valence-corrected chi connectivity index (χ1v) is 8.39. The molecule has 0 aliphatic carbocycles. The number of aryl methyl sites for hydroxylation is 1. The Labute approximate surface area is 134 Å². The van der Waals surface area contributed by atoms with Gasteiger partial charge in [0.2, 0.25) is 5.88 Å². The molecule has 3 N–H and O–H groups in total. The van der Waals surface area contributed by atoms with Gasteiger partial charge in [-0.15, -0.1) is 0 Å². The Kier molecular flexibility index (Phi) is 3.65. The summed E-state index contributed by atoms with van der Waals surface area (Å²) in [7, 11) is -3.91. The predicted octanol–water partition coefficient (Wildman–Crippen LogP) is 2.30. The van der Waals surface area contributed by atoms with Crippen molar-refractivity contribution in [2.75, 3.05) is 4.31 Å². The quantitative estimate of drug-likeness (QED) is 0.804. The van der Waals surface area contributed by atoms with Crippen LogP contribution in [0.2, 0.25) is 0 Å². The van der Waals surface area contributed by atoms with Crippen LogP contribution in [0.3, 0.4) is 0 Å². The van der Waals surface area contributed by atoms with Gasteiger partial charge in [0.15, 0.2) is 0 Å². The lowest BCUT2D eigenvalue weighted by Crippen LogP contribution is -2.29. The molecule has 1 heterocycles. The van der Waals surface area contributed by atoms with Crippen LogP contribution < -0.4 is 9.03 Å². The monoisotopic (exact) mass is 332 g/mol. The zero-order chi connectivity index (χ0) is 16.6. The number of aromatic hydroxyl groups is 1. The molecule has 0 amide bonds. The van der Waals surface area contributed by atoms with Crippen LogP contribution in [0.4, 0.5) is 5.69 Å². The molecule has 2 aromatic carbocycles. The molecule has 0 saturated heterocycles. The average Bonchev–Trinajstić information content (AvgIpc) is 2.72. The molecule has 0 aromatic heterocycles. The zero-order valence-corrected chi connectivity index (χ0v) is 13.2. The number of hydrogen-bond acceptors (Lipinski definition) is 4. The van der Waals surface area contributed by atoms with Crippen molar-refractivity contribution >= 4 is 15.9 Å². The smallest absolute Gasteiger partial charge is 0.330 e. The summed E-state index contributed by atoms with van der Waals surface area (Å²) in [6.45, 7) is 2.01. The number of anilines is 1. The summed E-state index contributed by atoms with van der Waals surface area (Å²) in [6.07, 6.45) is 1.63. The molecule has 120 valence electrons. The third kappa shape index (κ3) is 3.09. The van der Waals surface area contributed by atoms with Gasteiger partial charge in [0.25, 0.3) is 0 Å². The van der Waals surface area contributed by atoms with Crippen molar-refractivity contribution in [1.29, 1.82) is 0 Å². The van der Waals surface area contributed by atoms with Crippen molar-refractivity contribution < 1.29 is 18.6 Å². The minimum absolute atomic E-state index is 0.0783. The minimum atomic E-state index is -3.91. The molecule has 1 aliphatic heterocycles. The number of aliphatic hydroxyl groups is 1. The Hall–Kier alpha value is -2.67. The number of phenolic OH excluding ortho intramolecular Hbond substituents is 1. The maximum Gasteiger partial charge on any atom is 0.330 e. The van der Waals surface area contributed by atoms with Crippen LogP contribution in [0.15, 0.2) is 54.5 Å². The third-order valence-electron chi connectivity index (χ3n) is 3.50. The van der Waals surface area contributed by atoms with E-state index in [2.05, 4.69) is 6.07 Å². The molecule has 0 saturated carbocycles. The second kappa shape index (κ2) is 5.51. The predicted molar refractivity (Wildman–Crippen MR) is 87.3 cm³/mol. The molecule has 7 heteroatoms. The fourth-order valence-electron chi connectivity index (χ4n) is 2.51. The van der Waals surface area contributed by atoms with E-state index in [1.54, 1.807) is 6.07 Å². The molecule has 0 bridgehead atoms. The molecule has 6 nitrogen and oxygen atoms in total. The van der Waals surface area contributed by atoms with Crippen molar-refractivity contribution in [3.05, 3.63) is 71.2 Å². The first-order chi connectivity index (χ1) is 10.8. The number of nitrogens with zero attached hydrogens (tertiary/aromatic N) is 1. The molecule has 0 spiro atoms. The molecule has 0 atom stereocenters. The highest BCUT2D eigenvalue weighted by molar-refractivity contribution is 7.91. The molecule has 0 radical (unpaired) electrons. The van der Waals surface area contributed by atoms with Gasteiger partial charge >= 0.3 is 10.2 Å². The molecule has 23 heavy (non-hydrogen) atoms. The Morgan fingerprint density at radius 1 is 1.09 bits per heavy atom. The molecular weight excluding hydrogens is 316 g/mol. The molecule has 3 rings (SSSR count). The number of hydrogen-bond donors (Lipinski definition) is 3. The highest BCUT2D eigenvalue weighted by Gasteiger charge is 2.30. The minimum Gasteiger partial charge on any atom is -0.506 e. The summed E-state index contributed by atoms with van der Waals surface area (Å²) in [4.78, 5) is 0. The Morgan fingerprint density at radius 3 is 2.43 bits per heavy atom. The average molecular weight is 332 g/mol. The van der Waals surface area contributed by atoms with Crippen LogP contribution in [0.5, 0.6) is 5.75 Å². The van der Waals surface area contributed by atoms with E-state index in [0.29, 0.717) is 6.42 Å². The van der Waals surface area contributed by atoms with E-state index in [9.17, 15) is 18.6 Å². The number of rotatable bonds is 3. The van der Waals surface area contributed by atoms with Crippen LogP contribution >= 0.6 is 0 Å². The SMILES string of the molecule is Cc1cccc(Cc2ccc(N3C=C(O)NS3(=O)=O)c(O)c2)c1. The van der Waals surface area contributed by atoms with Crippen LogP contribution in [0.25, 0.3) is 0 Å². The van der Waals surface area contributed by atoms with Crippen LogP contribution in [0.1, 0.15) is 16.7 Å². The summed E-state index contributed by atoms with van der Waals surface area (Å²) in [5.41, 5.74) is 3.19. The van der Waals surface area contributed by atoms with Gasteiger partial charge in [-0.1, -0.05) is 35.9 Å². The Balaban J connectivity index is 1.90. The first-order valence-electron chi connectivity index (χ1n) is 6.95. The standard InChI is InChI=1S/C16H16N2O4S/c1-11-3-2-4-12(7-11)8-13-5-6-14(15(19)9-13)18-10-16(20)17-23(18,21)22/h2-7,9-10,17,19-20H,8H2,1H3. The Morgan fingerprint density at radius 2 is 1.83 bits per heavy atom. The van der Waals surface area contributed by atoms with Crippen molar-refractivity contribution in [2.24, 2.45) is 0 Å². The van der Waals surface area contributed by atoms with E-state index in [4.69, 9.17) is 0 Å². The summed E-state index contributed by atoms with van der Waals surface area (Å²) >= 11 is 0. The van der Waals surface area contributed by atoms with Crippen molar-refractivity contribution in [1.82, 2.24) is 4.72 Å². The zero-order valence-electron chi connectivity index (χ0n) is 12.4. The summed E-state index contributed by atoms with van der Waals surface area (Å²) in [5.74, 6) is -0.667. The van der Waals surface area contributed by atoms with Gasteiger partial charge in [0, 0.05) is 0 Å². The lowest BCUT2D eigenvalue weighted by atomic mass is 10.0. The van der Waals surface area contributed by atoms with Crippen LogP contribution in [0, 0.1) is 6.92 Å². The van der Waals surface area contributed by atoms with E-state index < -0.39 is 16.1 Å². The summed E-state index contributed by atoms with van der Waals surface area (Å²) in [5, 5.41) is 19.5. The lowest BCUT2D eigenvalue weighted by molar-refractivity contribution is 0.392. The molecule has 0 unspecified atom stereocenters. The van der Waals surface area contributed by atoms with Gasteiger partial charge in [-0.2, -0.15) is 8.42 Å². The third-order valence-corrected chi connectivity index (χ3v) is 4.79. The second-order valence-corrected chi connectivity index (χ2v) is 6.95. The lowest BCUT2D eigenvalue weighted by Gasteiger charge is -2.16. The van der Waals surface area contributed by atoms with Crippen LogP contribution in [-0.4, -0.2) is 18.6 Å². The van der Waals surface area contributed by atoms with Crippen molar-refractivity contribution in [3.63, 3.8) is 0 Å². The number of nitrogens with one attached hydrogen (secondary N) is 1. The fraction of sp³-hybridized carbons (Fsp3) is 0.125. The van der Waals surface area contributed by atoms with E-state index in [1.165, 1.54) is 12.1 Å².